The summed E-state index contributed by atoms with van der Waals surface area (Å²) in [7, 11) is 0. The molecule has 2 atom stereocenters. The largest absolute Gasteiger partial charge is 0.465 e. The number of nitrogens with zero attached hydrogens (tertiary/aromatic N) is 2. The number of carbonyl (C=O) groups is 1. The lowest BCUT2D eigenvalue weighted by Gasteiger charge is -2.36. The summed E-state index contributed by atoms with van der Waals surface area (Å²) >= 11 is 0. The fraction of sp³-hybridized carbons (Fsp3) is 0.474. The van der Waals surface area contributed by atoms with Gasteiger partial charge in [0, 0.05) is 36.5 Å². The highest BCUT2D eigenvalue weighted by Crippen LogP contribution is 2.41. The average Bonchev–Trinajstić information content (AvgIpc) is 3.37. The molecule has 2 heterocycles. The van der Waals surface area contributed by atoms with Gasteiger partial charge >= 0.3 is 12.3 Å². The van der Waals surface area contributed by atoms with E-state index >= 15 is 0 Å². The predicted octanol–water partition coefficient (Wildman–Crippen LogP) is 4.56. The van der Waals surface area contributed by atoms with Crippen molar-refractivity contribution in [2.45, 2.75) is 43.2 Å². The minimum Gasteiger partial charge on any atom is -0.465 e. The summed E-state index contributed by atoms with van der Waals surface area (Å²) in [5.41, 5.74) is 1.94. The fourth-order valence-electron chi connectivity index (χ4n) is 3.82. The van der Waals surface area contributed by atoms with E-state index in [1.54, 1.807) is 0 Å². The summed E-state index contributed by atoms with van der Waals surface area (Å²) < 4.78 is 38.4. The van der Waals surface area contributed by atoms with E-state index in [2.05, 4.69) is 10.2 Å². The predicted molar refractivity (Wildman–Crippen MR) is 91.7 cm³/mol. The maximum Gasteiger partial charge on any atom is 0.416 e. The number of amides is 1. The zero-order valence-electron chi connectivity index (χ0n) is 14.5. The Kier molecular flexibility index (Phi) is 4.36. The molecule has 4 rings (SSSR count). The number of H-pyrrole nitrogens is 1. The molecular formula is C19H20F3N3O2. The second-order valence-corrected chi connectivity index (χ2v) is 7.46. The standard InChI is InChI=1S/C19H20F3N3O2/c20-19(21,22)15-5-3-11(4-6-15)13-7-14(10-25(9-13)18(26)27)17-8-16(23-24-17)12-1-2-12/h3-6,8,12-14H,1-2,7,9-10H2,(H,23,24)(H,26,27). The van der Waals surface area contributed by atoms with Crippen molar-refractivity contribution in [1.82, 2.24) is 15.1 Å². The second-order valence-electron chi connectivity index (χ2n) is 7.46. The van der Waals surface area contributed by atoms with Crippen molar-refractivity contribution in [3.8, 4) is 0 Å². The Morgan fingerprint density at radius 2 is 1.78 bits per heavy atom. The molecular weight excluding hydrogens is 359 g/mol. The molecule has 0 bridgehead atoms. The van der Waals surface area contributed by atoms with Gasteiger partial charge in [-0.25, -0.2) is 4.79 Å². The first-order valence-electron chi connectivity index (χ1n) is 9.01. The number of benzene rings is 1. The molecule has 1 aromatic heterocycles. The van der Waals surface area contributed by atoms with Crippen LogP contribution in [0.3, 0.4) is 0 Å². The van der Waals surface area contributed by atoms with Crippen molar-refractivity contribution in [2.24, 2.45) is 0 Å². The Morgan fingerprint density at radius 3 is 2.37 bits per heavy atom. The smallest absolute Gasteiger partial charge is 0.416 e. The van der Waals surface area contributed by atoms with Crippen molar-refractivity contribution in [3.05, 3.63) is 52.8 Å². The number of hydrogen-bond donors (Lipinski definition) is 2. The molecule has 2 unspecified atom stereocenters. The lowest BCUT2D eigenvalue weighted by Crippen LogP contribution is -2.41. The van der Waals surface area contributed by atoms with Gasteiger partial charge in [-0.1, -0.05) is 12.1 Å². The van der Waals surface area contributed by atoms with Crippen molar-refractivity contribution < 1.29 is 23.1 Å². The average molecular weight is 379 g/mol. The summed E-state index contributed by atoms with van der Waals surface area (Å²) in [6.07, 6.45) is -2.46. The Labute approximate surface area is 154 Å². The number of rotatable bonds is 3. The molecule has 1 saturated heterocycles. The molecule has 1 aromatic carbocycles. The molecule has 2 fully saturated rings. The van der Waals surface area contributed by atoms with E-state index in [1.165, 1.54) is 17.0 Å². The molecule has 0 spiro atoms. The summed E-state index contributed by atoms with van der Waals surface area (Å²) in [6, 6.07) is 7.04. The minimum absolute atomic E-state index is 0.0779. The molecule has 1 aliphatic heterocycles. The van der Waals surface area contributed by atoms with Crippen LogP contribution in [0.1, 0.15) is 59.5 Å². The van der Waals surface area contributed by atoms with Gasteiger partial charge in [-0.3, -0.25) is 5.10 Å². The first-order valence-corrected chi connectivity index (χ1v) is 9.01. The van der Waals surface area contributed by atoms with Gasteiger partial charge in [-0.2, -0.15) is 18.3 Å². The van der Waals surface area contributed by atoms with E-state index in [9.17, 15) is 23.1 Å². The maximum absolute atomic E-state index is 12.8. The summed E-state index contributed by atoms with van der Waals surface area (Å²) in [4.78, 5) is 12.9. The number of aromatic amines is 1. The van der Waals surface area contributed by atoms with Gasteiger partial charge in [0.2, 0.25) is 0 Å². The summed E-state index contributed by atoms with van der Waals surface area (Å²) in [5.74, 6) is 0.283. The van der Waals surface area contributed by atoms with Crippen molar-refractivity contribution in [2.75, 3.05) is 13.1 Å². The van der Waals surface area contributed by atoms with Gasteiger partial charge in [0.25, 0.3) is 0 Å². The molecule has 2 aliphatic rings. The third kappa shape index (κ3) is 3.79. The summed E-state index contributed by atoms with van der Waals surface area (Å²) in [6.45, 7) is 0.624. The first-order chi connectivity index (χ1) is 12.8. The van der Waals surface area contributed by atoms with E-state index in [0.717, 1.165) is 41.9 Å². The van der Waals surface area contributed by atoms with Gasteiger partial charge in [0.15, 0.2) is 0 Å². The Balaban J connectivity index is 1.56. The molecule has 2 aromatic rings. The Morgan fingerprint density at radius 1 is 1.11 bits per heavy atom. The number of halogens is 3. The van der Waals surface area contributed by atoms with Crippen LogP contribution in [0.4, 0.5) is 18.0 Å². The lowest BCUT2D eigenvalue weighted by molar-refractivity contribution is -0.137. The van der Waals surface area contributed by atoms with E-state index in [-0.39, 0.29) is 18.4 Å². The molecule has 2 N–H and O–H groups in total. The zero-order valence-corrected chi connectivity index (χ0v) is 14.5. The topological polar surface area (TPSA) is 69.2 Å². The van der Waals surface area contributed by atoms with Crippen LogP contribution in [0.15, 0.2) is 30.3 Å². The maximum atomic E-state index is 12.8. The van der Waals surface area contributed by atoms with Crippen LogP contribution in [0.5, 0.6) is 0 Å². The highest BCUT2D eigenvalue weighted by molar-refractivity contribution is 5.65. The molecule has 1 aliphatic carbocycles. The van der Waals surface area contributed by atoms with Gasteiger partial charge in [-0.05, 0) is 43.0 Å². The van der Waals surface area contributed by atoms with Crippen molar-refractivity contribution in [1.29, 1.82) is 0 Å². The number of alkyl halides is 3. The van der Waals surface area contributed by atoms with Crippen LogP contribution in [-0.2, 0) is 6.18 Å². The number of aromatic nitrogens is 2. The van der Waals surface area contributed by atoms with Crippen LogP contribution < -0.4 is 0 Å². The lowest BCUT2D eigenvalue weighted by atomic mass is 9.83. The van der Waals surface area contributed by atoms with E-state index in [4.69, 9.17) is 0 Å². The van der Waals surface area contributed by atoms with E-state index in [1.807, 2.05) is 6.07 Å². The van der Waals surface area contributed by atoms with Crippen molar-refractivity contribution in [3.63, 3.8) is 0 Å². The molecule has 1 saturated carbocycles. The second kappa shape index (κ2) is 6.58. The zero-order chi connectivity index (χ0) is 19.2. The first kappa shape index (κ1) is 17.9. The number of hydrogen-bond acceptors (Lipinski definition) is 2. The van der Waals surface area contributed by atoms with Crippen LogP contribution in [0, 0.1) is 0 Å². The summed E-state index contributed by atoms with van der Waals surface area (Å²) in [5, 5.41) is 16.9. The number of piperidine rings is 1. The van der Waals surface area contributed by atoms with E-state index < -0.39 is 17.8 Å². The quantitative estimate of drug-likeness (QED) is 0.822. The molecule has 8 heteroatoms. The molecule has 1 amide bonds. The number of nitrogens with one attached hydrogen (secondary N) is 1. The van der Waals surface area contributed by atoms with Gasteiger partial charge in [-0.15, -0.1) is 0 Å². The highest BCUT2D eigenvalue weighted by atomic mass is 19.4. The SMILES string of the molecule is O=C(O)N1CC(c2ccc(C(F)(F)F)cc2)CC(c2cc(C3CC3)[nH]n2)C1. The van der Waals surface area contributed by atoms with Crippen molar-refractivity contribution >= 4 is 6.09 Å². The third-order valence-electron chi connectivity index (χ3n) is 5.48. The van der Waals surface area contributed by atoms with Crippen LogP contribution in [0.25, 0.3) is 0 Å². The molecule has 0 radical (unpaired) electrons. The molecule has 5 nitrogen and oxygen atoms in total. The van der Waals surface area contributed by atoms with E-state index in [0.29, 0.717) is 18.9 Å². The highest BCUT2D eigenvalue weighted by Gasteiger charge is 2.35. The van der Waals surface area contributed by atoms with Gasteiger partial charge < -0.3 is 10.0 Å². The normalized spacial score (nSPS) is 23.4. The van der Waals surface area contributed by atoms with Gasteiger partial charge in [0.05, 0.1) is 11.3 Å². The fourth-order valence-corrected chi connectivity index (χ4v) is 3.82. The van der Waals surface area contributed by atoms with Crippen LogP contribution in [-0.4, -0.2) is 39.4 Å². The number of carboxylic acid groups (broad SMARTS) is 1. The minimum atomic E-state index is -4.38. The van der Waals surface area contributed by atoms with Crippen LogP contribution >= 0.6 is 0 Å². The molecule has 27 heavy (non-hydrogen) atoms. The molecule has 144 valence electrons. The monoisotopic (exact) mass is 379 g/mol. The number of likely N-dealkylation sites (tertiary alicyclic amines) is 1. The van der Waals surface area contributed by atoms with Crippen LogP contribution in [0.2, 0.25) is 0 Å². The van der Waals surface area contributed by atoms with Gasteiger partial charge in [0.1, 0.15) is 0 Å². The Bertz CT molecular complexity index is 827. The Hall–Kier alpha value is -2.51. The third-order valence-corrected chi connectivity index (χ3v) is 5.48.